The van der Waals surface area contributed by atoms with Crippen molar-refractivity contribution in [1.29, 1.82) is 0 Å². The largest absolute Gasteiger partial charge is 0.224 e. The highest BCUT2D eigenvalue weighted by Gasteiger charge is 2.21. The van der Waals surface area contributed by atoms with E-state index in [0.29, 0.717) is 5.02 Å². The van der Waals surface area contributed by atoms with Crippen molar-refractivity contribution in [2.75, 3.05) is 5.75 Å². The summed E-state index contributed by atoms with van der Waals surface area (Å²) < 4.78 is 23.6. The molecule has 0 bridgehead atoms. The Morgan fingerprint density at radius 3 is 2.43 bits per heavy atom. The first-order valence-electron chi connectivity index (χ1n) is 4.31. The van der Waals surface area contributed by atoms with Crippen molar-refractivity contribution in [2.24, 2.45) is 5.92 Å². The molecule has 0 spiro atoms. The lowest BCUT2D eigenvalue weighted by Crippen LogP contribution is -2.11. The van der Waals surface area contributed by atoms with Crippen LogP contribution in [0.25, 0.3) is 0 Å². The Bertz CT molecular complexity index is 418. The monoisotopic (exact) mass is 252 g/mol. The second-order valence-electron chi connectivity index (χ2n) is 3.65. The Balaban J connectivity index is 3.11. The number of thiophene rings is 1. The maximum absolute atomic E-state index is 11.8. The molecule has 1 aromatic heterocycles. The van der Waals surface area contributed by atoms with E-state index in [1.807, 2.05) is 20.8 Å². The Morgan fingerprint density at radius 2 is 2.07 bits per heavy atom. The minimum absolute atomic E-state index is 0.122. The van der Waals surface area contributed by atoms with Crippen LogP contribution in [0.5, 0.6) is 0 Å². The molecule has 14 heavy (non-hydrogen) atoms. The normalized spacial score (nSPS) is 12.4. The third-order valence-corrected chi connectivity index (χ3v) is 5.63. The van der Waals surface area contributed by atoms with Crippen LogP contribution in [0, 0.1) is 12.8 Å². The summed E-state index contributed by atoms with van der Waals surface area (Å²) in [5.74, 6) is 0.277. The molecule has 0 saturated carbocycles. The molecule has 0 atom stereocenters. The van der Waals surface area contributed by atoms with Crippen molar-refractivity contribution in [2.45, 2.75) is 25.7 Å². The van der Waals surface area contributed by atoms with Gasteiger partial charge in [-0.2, -0.15) is 0 Å². The minimum atomic E-state index is -3.19. The first-order valence-corrected chi connectivity index (χ1v) is 7.22. The molecular weight excluding hydrogens is 240 g/mol. The van der Waals surface area contributed by atoms with Gasteiger partial charge >= 0.3 is 0 Å². The SMILES string of the molecule is Cc1scc(S(=O)(=O)CC(C)C)c1Cl. The highest BCUT2D eigenvalue weighted by molar-refractivity contribution is 7.91. The van der Waals surface area contributed by atoms with E-state index in [-0.39, 0.29) is 16.6 Å². The molecule has 0 aliphatic carbocycles. The molecule has 80 valence electrons. The summed E-state index contributed by atoms with van der Waals surface area (Å²) in [5, 5.41) is 2.01. The standard InChI is InChI=1S/C9H13ClO2S2/c1-6(2)5-14(11,12)8-4-13-7(3)9(8)10/h4,6H,5H2,1-3H3. The number of hydrogen-bond acceptors (Lipinski definition) is 3. The van der Waals surface area contributed by atoms with Crippen LogP contribution in [-0.4, -0.2) is 14.2 Å². The summed E-state index contributed by atoms with van der Waals surface area (Å²) in [6, 6.07) is 0. The quantitative estimate of drug-likeness (QED) is 0.828. The van der Waals surface area contributed by atoms with Crippen LogP contribution in [-0.2, 0) is 9.84 Å². The Kier molecular flexibility index (Phi) is 3.61. The van der Waals surface area contributed by atoms with Crippen LogP contribution >= 0.6 is 22.9 Å². The summed E-state index contributed by atoms with van der Waals surface area (Å²) in [7, 11) is -3.19. The van der Waals surface area contributed by atoms with E-state index in [1.165, 1.54) is 11.3 Å². The van der Waals surface area contributed by atoms with E-state index in [4.69, 9.17) is 11.6 Å². The third kappa shape index (κ3) is 2.49. The fourth-order valence-electron chi connectivity index (χ4n) is 1.16. The summed E-state index contributed by atoms with van der Waals surface area (Å²) in [6.07, 6.45) is 0. The minimum Gasteiger partial charge on any atom is -0.224 e. The Morgan fingerprint density at radius 1 is 1.50 bits per heavy atom. The van der Waals surface area contributed by atoms with E-state index >= 15 is 0 Å². The summed E-state index contributed by atoms with van der Waals surface area (Å²) in [4.78, 5) is 1.14. The molecule has 0 radical (unpaired) electrons. The molecule has 1 aromatic rings. The van der Waals surface area contributed by atoms with Gasteiger partial charge in [0, 0.05) is 10.3 Å². The van der Waals surface area contributed by atoms with Gasteiger partial charge in [0.2, 0.25) is 0 Å². The molecule has 0 aliphatic heterocycles. The highest BCUT2D eigenvalue weighted by Crippen LogP contribution is 2.31. The fourth-order valence-corrected chi connectivity index (χ4v) is 4.66. The summed E-state index contributed by atoms with van der Waals surface area (Å²) in [6.45, 7) is 5.58. The highest BCUT2D eigenvalue weighted by atomic mass is 35.5. The topological polar surface area (TPSA) is 34.1 Å². The predicted molar refractivity (Wildman–Crippen MR) is 61.0 cm³/mol. The van der Waals surface area contributed by atoms with Crippen molar-refractivity contribution in [3.05, 3.63) is 15.3 Å². The number of halogens is 1. The second kappa shape index (κ2) is 4.21. The molecule has 1 heterocycles. The van der Waals surface area contributed by atoms with Gasteiger partial charge in [0.05, 0.1) is 15.7 Å². The molecule has 0 N–H and O–H groups in total. The molecule has 2 nitrogen and oxygen atoms in total. The second-order valence-corrected chi connectivity index (χ2v) is 7.11. The number of aryl methyl sites for hydroxylation is 1. The lowest BCUT2D eigenvalue weighted by molar-refractivity contribution is 0.583. The average Bonchev–Trinajstić information content (AvgIpc) is 2.30. The van der Waals surface area contributed by atoms with Gasteiger partial charge in [-0.15, -0.1) is 11.3 Å². The van der Waals surface area contributed by atoms with E-state index < -0.39 is 9.84 Å². The van der Waals surface area contributed by atoms with Crippen molar-refractivity contribution in [3.63, 3.8) is 0 Å². The van der Waals surface area contributed by atoms with E-state index in [2.05, 4.69) is 0 Å². The van der Waals surface area contributed by atoms with Gasteiger partial charge in [-0.1, -0.05) is 25.4 Å². The van der Waals surface area contributed by atoms with Gasteiger partial charge in [0.1, 0.15) is 0 Å². The molecule has 0 unspecified atom stereocenters. The number of sulfone groups is 1. The summed E-state index contributed by atoms with van der Waals surface area (Å²) in [5.41, 5.74) is 0. The van der Waals surface area contributed by atoms with E-state index in [9.17, 15) is 8.42 Å². The van der Waals surface area contributed by atoms with Crippen LogP contribution in [0.2, 0.25) is 5.02 Å². The van der Waals surface area contributed by atoms with Crippen LogP contribution < -0.4 is 0 Å². The smallest absolute Gasteiger partial charge is 0.180 e. The van der Waals surface area contributed by atoms with Gasteiger partial charge in [0.25, 0.3) is 0 Å². The Hall–Kier alpha value is -0.0600. The van der Waals surface area contributed by atoms with Crippen LogP contribution in [0.4, 0.5) is 0 Å². The molecule has 0 aromatic carbocycles. The van der Waals surface area contributed by atoms with Gasteiger partial charge < -0.3 is 0 Å². The molecule has 0 aliphatic rings. The molecule has 5 heteroatoms. The first kappa shape index (κ1) is 12.0. The van der Waals surface area contributed by atoms with Crippen molar-refractivity contribution in [3.8, 4) is 0 Å². The zero-order valence-electron chi connectivity index (χ0n) is 8.37. The van der Waals surface area contributed by atoms with Gasteiger partial charge in [-0.3, -0.25) is 0 Å². The number of rotatable bonds is 3. The zero-order valence-corrected chi connectivity index (χ0v) is 10.8. The van der Waals surface area contributed by atoms with Crippen molar-refractivity contribution >= 4 is 32.8 Å². The molecule has 0 amide bonds. The van der Waals surface area contributed by atoms with Gasteiger partial charge in [0.15, 0.2) is 9.84 Å². The lowest BCUT2D eigenvalue weighted by atomic mass is 10.3. The lowest BCUT2D eigenvalue weighted by Gasteiger charge is -2.05. The maximum Gasteiger partial charge on any atom is 0.180 e. The summed E-state index contributed by atoms with van der Waals surface area (Å²) >= 11 is 7.28. The molecule has 0 saturated heterocycles. The fraction of sp³-hybridized carbons (Fsp3) is 0.556. The number of hydrogen-bond donors (Lipinski definition) is 0. The third-order valence-electron chi connectivity index (χ3n) is 1.76. The molecular formula is C9H13ClO2S2. The first-order chi connectivity index (χ1) is 6.34. The zero-order chi connectivity index (χ0) is 10.9. The van der Waals surface area contributed by atoms with Crippen molar-refractivity contribution in [1.82, 2.24) is 0 Å². The molecule has 0 fully saturated rings. The maximum atomic E-state index is 11.8. The van der Waals surface area contributed by atoms with Crippen LogP contribution in [0.15, 0.2) is 10.3 Å². The predicted octanol–water partition coefficient (Wildman–Crippen LogP) is 3.14. The molecule has 1 rings (SSSR count). The van der Waals surface area contributed by atoms with Crippen LogP contribution in [0.1, 0.15) is 18.7 Å². The average molecular weight is 253 g/mol. The van der Waals surface area contributed by atoms with Gasteiger partial charge in [-0.05, 0) is 12.8 Å². The van der Waals surface area contributed by atoms with Crippen LogP contribution in [0.3, 0.4) is 0 Å². The Labute approximate surface area is 93.8 Å². The van der Waals surface area contributed by atoms with E-state index in [1.54, 1.807) is 5.38 Å². The van der Waals surface area contributed by atoms with E-state index in [0.717, 1.165) is 4.88 Å². The van der Waals surface area contributed by atoms with Crippen molar-refractivity contribution < 1.29 is 8.42 Å². The van der Waals surface area contributed by atoms with Gasteiger partial charge in [-0.25, -0.2) is 8.42 Å².